The molecule has 1 saturated heterocycles. The molecule has 0 atom stereocenters. The van der Waals surface area contributed by atoms with Crippen LogP contribution in [0.3, 0.4) is 0 Å². The van der Waals surface area contributed by atoms with Gasteiger partial charge >= 0.3 is 0 Å². The lowest BCUT2D eigenvalue weighted by Gasteiger charge is -2.13. The largest absolute Gasteiger partial charge is 0.350 e. The van der Waals surface area contributed by atoms with E-state index >= 15 is 0 Å². The third kappa shape index (κ3) is 4.40. The van der Waals surface area contributed by atoms with Gasteiger partial charge in [0.15, 0.2) is 11.6 Å². The number of halogens is 3. The summed E-state index contributed by atoms with van der Waals surface area (Å²) in [6, 6.07) is 10.5. The average Bonchev–Trinajstić information content (AvgIpc) is 2.92. The molecule has 0 aliphatic carbocycles. The zero-order valence-electron chi connectivity index (χ0n) is 14.2. The normalized spacial score (nSPS) is 15.4. The Morgan fingerprint density at radius 3 is 2.54 bits per heavy atom. The van der Waals surface area contributed by atoms with Crippen LogP contribution in [0.2, 0.25) is 5.02 Å². The van der Waals surface area contributed by atoms with Crippen molar-refractivity contribution in [2.75, 3.05) is 13.1 Å². The van der Waals surface area contributed by atoms with Crippen LogP contribution < -0.4 is 5.32 Å². The molecule has 0 spiro atoms. The van der Waals surface area contributed by atoms with E-state index in [1.54, 1.807) is 18.2 Å². The first-order valence-electron chi connectivity index (χ1n) is 8.10. The molecule has 1 fully saturated rings. The quantitative estimate of drug-likeness (QED) is 0.582. The van der Waals surface area contributed by atoms with E-state index in [-0.39, 0.29) is 28.6 Å². The Balaban J connectivity index is 1.61. The van der Waals surface area contributed by atoms with Crippen molar-refractivity contribution in [1.82, 2.24) is 10.2 Å². The molecule has 2 aromatic carbocycles. The summed E-state index contributed by atoms with van der Waals surface area (Å²) in [5.74, 6) is -3.56. The van der Waals surface area contributed by atoms with Gasteiger partial charge in [-0.2, -0.15) is 0 Å². The number of rotatable bonds is 5. The molecule has 0 bridgehead atoms. The van der Waals surface area contributed by atoms with Crippen LogP contribution in [0.4, 0.5) is 13.6 Å². The highest BCUT2D eigenvalue weighted by Crippen LogP contribution is 2.31. The highest BCUT2D eigenvalue weighted by molar-refractivity contribution is 8.18. The minimum atomic E-state index is -1.20. The van der Waals surface area contributed by atoms with Gasteiger partial charge in [-0.25, -0.2) is 8.78 Å². The number of imide groups is 1. The fraction of sp³-hybridized carbons (Fsp3) is 0.105. The first kappa shape index (κ1) is 20.0. The minimum absolute atomic E-state index is 0.0647. The maximum Gasteiger partial charge on any atom is 0.293 e. The zero-order valence-corrected chi connectivity index (χ0v) is 15.8. The monoisotopic (exact) mass is 422 g/mol. The predicted molar refractivity (Wildman–Crippen MR) is 103 cm³/mol. The van der Waals surface area contributed by atoms with Crippen molar-refractivity contribution in [2.45, 2.75) is 0 Å². The Bertz CT molecular complexity index is 983. The lowest BCUT2D eigenvalue weighted by Crippen LogP contribution is -2.37. The number of hydrogen-bond donors (Lipinski definition) is 1. The molecular weight excluding hydrogens is 410 g/mol. The Morgan fingerprint density at radius 1 is 1.14 bits per heavy atom. The van der Waals surface area contributed by atoms with Gasteiger partial charge in [-0.05, 0) is 35.5 Å². The highest BCUT2D eigenvalue weighted by atomic mass is 35.5. The summed E-state index contributed by atoms with van der Waals surface area (Å²) in [4.78, 5) is 37.8. The van der Waals surface area contributed by atoms with Crippen LogP contribution in [-0.4, -0.2) is 35.0 Å². The van der Waals surface area contributed by atoms with E-state index in [1.807, 2.05) is 18.2 Å². The van der Waals surface area contributed by atoms with Crippen molar-refractivity contribution < 1.29 is 23.2 Å². The molecule has 3 rings (SSSR count). The third-order valence-electron chi connectivity index (χ3n) is 3.85. The van der Waals surface area contributed by atoms with Crippen molar-refractivity contribution in [1.29, 1.82) is 0 Å². The standard InChI is InChI=1S/C19H13ClF2N2O3S/c20-13-10-15(22)14(21)9-12(13)17(25)23-6-7-24-18(26)16(28-19(24)27)8-11-4-2-1-3-5-11/h1-5,8-10H,6-7H2,(H,23,25). The fourth-order valence-electron chi connectivity index (χ4n) is 2.47. The zero-order chi connectivity index (χ0) is 20.3. The van der Waals surface area contributed by atoms with Crippen molar-refractivity contribution >= 4 is 46.5 Å². The van der Waals surface area contributed by atoms with Crippen LogP contribution in [0.1, 0.15) is 15.9 Å². The fourth-order valence-corrected chi connectivity index (χ4v) is 3.57. The number of amides is 3. The number of nitrogens with one attached hydrogen (secondary N) is 1. The van der Waals surface area contributed by atoms with Gasteiger partial charge in [-0.1, -0.05) is 41.9 Å². The molecule has 0 aromatic heterocycles. The third-order valence-corrected chi connectivity index (χ3v) is 5.07. The van der Waals surface area contributed by atoms with E-state index in [0.29, 0.717) is 12.1 Å². The molecule has 9 heteroatoms. The molecule has 0 unspecified atom stereocenters. The number of nitrogens with zero attached hydrogens (tertiary/aromatic N) is 1. The van der Waals surface area contributed by atoms with Crippen LogP contribution in [-0.2, 0) is 4.79 Å². The SMILES string of the molecule is O=C(NCCN1C(=O)SC(=Cc2ccccc2)C1=O)c1cc(F)c(F)cc1Cl. The van der Waals surface area contributed by atoms with E-state index in [2.05, 4.69) is 5.32 Å². The highest BCUT2D eigenvalue weighted by Gasteiger charge is 2.34. The Labute approximate surface area is 168 Å². The van der Waals surface area contributed by atoms with E-state index in [4.69, 9.17) is 11.6 Å². The second kappa shape index (κ2) is 8.53. The smallest absolute Gasteiger partial charge is 0.293 e. The summed E-state index contributed by atoms with van der Waals surface area (Å²) in [5.41, 5.74) is 0.549. The van der Waals surface area contributed by atoms with E-state index in [0.717, 1.165) is 22.2 Å². The maximum atomic E-state index is 13.3. The minimum Gasteiger partial charge on any atom is -0.350 e. The lowest BCUT2D eigenvalue weighted by atomic mass is 10.2. The van der Waals surface area contributed by atoms with Crippen molar-refractivity contribution in [3.8, 4) is 0 Å². The lowest BCUT2D eigenvalue weighted by molar-refractivity contribution is -0.122. The van der Waals surface area contributed by atoms with Crippen LogP contribution in [0.15, 0.2) is 47.4 Å². The number of hydrogen-bond acceptors (Lipinski definition) is 4. The van der Waals surface area contributed by atoms with Gasteiger partial charge in [-0.3, -0.25) is 19.3 Å². The number of benzene rings is 2. The summed E-state index contributed by atoms with van der Waals surface area (Å²) in [7, 11) is 0. The van der Waals surface area contributed by atoms with Gasteiger partial charge in [-0.15, -0.1) is 0 Å². The van der Waals surface area contributed by atoms with Crippen LogP contribution in [0, 0.1) is 11.6 Å². The summed E-state index contributed by atoms with van der Waals surface area (Å²) in [5, 5.41) is 1.74. The number of thioether (sulfide) groups is 1. The summed E-state index contributed by atoms with van der Waals surface area (Å²) in [6.07, 6.45) is 1.62. The van der Waals surface area contributed by atoms with Crippen LogP contribution in [0.5, 0.6) is 0 Å². The maximum absolute atomic E-state index is 13.3. The molecule has 1 aliphatic heterocycles. The van der Waals surface area contributed by atoms with Gasteiger partial charge in [0.2, 0.25) is 0 Å². The van der Waals surface area contributed by atoms with E-state index in [1.165, 1.54) is 0 Å². The van der Waals surface area contributed by atoms with Crippen LogP contribution in [0.25, 0.3) is 6.08 Å². The second-order valence-corrected chi connectivity index (χ2v) is 7.15. The second-order valence-electron chi connectivity index (χ2n) is 5.75. The summed E-state index contributed by atoms with van der Waals surface area (Å²) >= 11 is 6.56. The first-order chi connectivity index (χ1) is 13.4. The average molecular weight is 423 g/mol. The van der Waals surface area contributed by atoms with Gasteiger partial charge in [0.05, 0.1) is 15.5 Å². The Morgan fingerprint density at radius 2 is 1.82 bits per heavy atom. The molecular formula is C19H13ClF2N2O3S. The topological polar surface area (TPSA) is 66.5 Å². The van der Waals surface area contributed by atoms with Crippen molar-refractivity contribution in [3.05, 3.63) is 75.2 Å². The molecule has 5 nitrogen and oxygen atoms in total. The van der Waals surface area contributed by atoms with Gasteiger partial charge in [0, 0.05) is 13.1 Å². The molecule has 3 amide bonds. The molecule has 28 heavy (non-hydrogen) atoms. The molecule has 2 aromatic rings. The molecule has 1 N–H and O–H groups in total. The number of carbonyl (C=O) groups excluding carboxylic acids is 3. The van der Waals surface area contributed by atoms with E-state index in [9.17, 15) is 23.2 Å². The summed E-state index contributed by atoms with van der Waals surface area (Å²) < 4.78 is 26.4. The molecule has 1 heterocycles. The molecule has 0 saturated carbocycles. The predicted octanol–water partition coefficient (Wildman–Crippen LogP) is 4.08. The van der Waals surface area contributed by atoms with Gasteiger partial charge < -0.3 is 5.32 Å². The van der Waals surface area contributed by atoms with Gasteiger partial charge in [0.25, 0.3) is 17.1 Å². The van der Waals surface area contributed by atoms with Crippen molar-refractivity contribution in [3.63, 3.8) is 0 Å². The van der Waals surface area contributed by atoms with Crippen molar-refractivity contribution in [2.24, 2.45) is 0 Å². The van der Waals surface area contributed by atoms with Crippen LogP contribution >= 0.6 is 23.4 Å². The Hall–Kier alpha value is -2.71. The molecule has 144 valence electrons. The molecule has 0 radical (unpaired) electrons. The first-order valence-corrected chi connectivity index (χ1v) is 9.29. The van der Waals surface area contributed by atoms with E-state index < -0.39 is 28.7 Å². The number of carbonyl (C=O) groups is 3. The summed E-state index contributed by atoms with van der Waals surface area (Å²) in [6.45, 7) is -0.130. The molecule has 1 aliphatic rings. The van der Waals surface area contributed by atoms with Gasteiger partial charge in [0.1, 0.15) is 0 Å². The Kier molecular flexibility index (Phi) is 6.11.